The zero-order valence-electron chi connectivity index (χ0n) is 20.1. The second-order valence-corrected chi connectivity index (χ2v) is 9.35. The maximum Gasteiger partial charge on any atom is 0.233 e. The van der Waals surface area contributed by atoms with E-state index in [0.717, 1.165) is 42.5 Å². The summed E-state index contributed by atoms with van der Waals surface area (Å²) in [4.78, 5) is 17.2. The van der Waals surface area contributed by atoms with Gasteiger partial charge < -0.3 is 14.4 Å². The summed E-state index contributed by atoms with van der Waals surface area (Å²) >= 11 is 1.39. The molecule has 0 spiro atoms. The molecule has 0 saturated heterocycles. The molecule has 0 unspecified atom stereocenters. The van der Waals surface area contributed by atoms with Gasteiger partial charge in [0.2, 0.25) is 5.91 Å². The van der Waals surface area contributed by atoms with Crippen LogP contribution in [0.2, 0.25) is 0 Å². The van der Waals surface area contributed by atoms with E-state index in [0.29, 0.717) is 18.7 Å². The fourth-order valence-electron chi connectivity index (χ4n) is 4.13. The topological polar surface area (TPSA) is 54.3 Å². The van der Waals surface area contributed by atoms with Gasteiger partial charge in [0.05, 0.1) is 5.75 Å². The number of aromatic nitrogens is 3. The van der Waals surface area contributed by atoms with Gasteiger partial charge in [-0.05, 0) is 63.9 Å². The number of amides is 1. The van der Waals surface area contributed by atoms with E-state index in [2.05, 4.69) is 60.1 Å². The van der Waals surface area contributed by atoms with Crippen LogP contribution in [-0.2, 0) is 17.9 Å². The molecule has 1 amide bonds. The van der Waals surface area contributed by atoms with Gasteiger partial charge in [-0.15, -0.1) is 10.2 Å². The Kier molecular flexibility index (Phi) is 7.88. The summed E-state index contributed by atoms with van der Waals surface area (Å²) in [6, 6.07) is 15.3. The molecule has 0 radical (unpaired) electrons. The Hall–Kier alpha value is -2.87. The van der Waals surface area contributed by atoms with Crippen LogP contribution in [0.1, 0.15) is 39.2 Å². The average molecular weight is 482 g/mol. The third kappa shape index (κ3) is 5.43. The molecular formula is C26H32FN5OS. The lowest BCUT2D eigenvalue weighted by Crippen LogP contribution is -2.34. The van der Waals surface area contributed by atoms with Crippen LogP contribution in [0.15, 0.2) is 53.7 Å². The van der Waals surface area contributed by atoms with Crippen molar-refractivity contribution in [3.05, 3.63) is 59.9 Å². The number of halogens is 1. The first kappa shape index (κ1) is 24.3. The van der Waals surface area contributed by atoms with Crippen LogP contribution in [0, 0.1) is 5.82 Å². The summed E-state index contributed by atoms with van der Waals surface area (Å²) < 4.78 is 16.2. The molecule has 1 aromatic heterocycles. The first-order chi connectivity index (χ1) is 16.5. The SMILES string of the molecule is CCN(CC)c1ccc(-c2nnc(SCC(=O)N(Cc3ccccc3F)C3CC3)n2CC)cc1. The number of nitrogens with zero attached hydrogens (tertiary/aromatic N) is 5. The smallest absolute Gasteiger partial charge is 0.233 e. The van der Waals surface area contributed by atoms with Crippen molar-refractivity contribution in [2.24, 2.45) is 0 Å². The number of hydrogen-bond acceptors (Lipinski definition) is 5. The van der Waals surface area contributed by atoms with E-state index >= 15 is 0 Å². The molecule has 2 aromatic carbocycles. The van der Waals surface area contributed by atoms with Gasteiger partial charge in [-0.3, -0.25) is 4.79 Å². The summed E-state index contributed by atoms with van der Waals surface area (Å²) in [5, 5.41) is 9.53. The van der Waals surface area contributed by atoms with Gasteiger partial charge >= 0.3 is 0 Å². The second-order valence-electron chi connectivity index (χ2n) is 8.40. The summed E-state index contributed by atoms with van der Waals surface area (Å²) in [6.45, 7) is 9.29. The number of hydrogen-bond donors (Lipinski definition) is 0. The molecule has 34 heavy (non-hydrogen) atoms. The molecule has 1 fully saturated rings. The highest BCUT2D eigenvalue weighted by Crippen LogP contribution is 2.31. The Balaban J connectivity index is 1.45. The molecular weight excluding hydrogens is 449 g/mol. The van der Waals surface area contributed by atoms with E-state index in [4.69, 9.17) is 0 Å². The van der Waals surface area contributed by atoms with Gasteiger partial charge in [-0.1, -0.05) is 30.0 Å². The van der Waals surface area contributed by atoms with Gasteiger partial charge in [0.15, 0.2) is 11.0 Å². The molecule has 6 nitrogen and oxygen atoms in total. The first-order valence-corrected chi connectivity index (χ1v) is 13.0. The molecule has 1 saturated carbocycles. The molecule has 3 aromatic rings. The van der Waals surface area contributed by atoms with E-state index < -0.39 is 0 Å². The quantitative estimate of drug-likeness (QED) is 0.351. The Bertz CT molecular complexity index is 1110. The predicted octanol–water partition coefficient (Wildman–Crippen LogP) is 5.23. The second kappa shape index (κ2) is 11.0. The summed E-state index contributed by atoms with van der Waals surface area (Å²) in [6.07, 6.45) is 1.95. The number of rotatable bonds is 11. The molecule has 0 atom stereocenters. The van der Waals surface area contributed by atoms with Gasteiger partial charge in [0, 0.05) is 49.0 Å². The molecule has 1 aliphatic rings. The van der Waals surface area contributed by atoms with Gasteiger partial charge in [0.25, 0.3) is 0 Å². The minimum Gasteiger partial charge on any atom is -0.372 e. The normalized spacial score (nSPS) is 13.2. The van der Waals surface area contributed by atoms with Crippen LogP contribution in [0.25, 0.3) is 11.4 Å². The highest BCUT2D eigenvalue weighted by molar-refractivity contribution is 7.99. The van der Waals surface area contributed by atoms with Gasteiger partial charge in [-0.25, -0.2) is 4.39 Å². The first-order valence-electron chi connectivity index (χ1n) is 12.0. The van der Waals surface area contributed by atoms with Gasteiger partial charge in [-0.2, -0.15) is 0 Å². The van der Waals surface area contributed by atoms with Crippen molar-refractivity contribution in [2.45, 2.75) is 57.9 Å². The van der Waals surface area contributed by atoms with Crippen molar-refractivity contribution in [1.82, 2.24) is 19.7 Å². The third-order valence-electron chi connectivity index (χ3n) is 6.22. The lowest BCUT2D eigenvalue weighted by Gasteiger charge is -2.22. The van der Waals surface area contributed by atoms with Crippen molar-refractivity contribution in [2.75, 3.05) is 23.7 Å². The highest BCUT2D eigenvalue weighted by atomic mass is 32.2. The fraction of sp³-hybridized carbons (Fsp3) is 0.423. The van der Waals surface area contributed by atoms with Crippen molar-refractivity contribution in [3.8, 4) is 11.4 Å². The largest absolute Gasteiger partial charge is 0.372 e. The lowest BCUT2D eigenvalue weighted by atomic mass is 10.2. The molecule has 180 valence electrons. The van der Waals surface area contributed by atoms with Crippen LogP contribution in [0.4, 0.5) is 10.1 Å². The zero-order valence-corrected chi connectivity index (χ0v) is 20.9. The Morgan fingerprint density at radius 2 is 1.76 bits per heavy atom. The molecule has 8 heteroatoms. The Morgan fingerprint density at radius 3 is 2.38 bits per heavy atom. The molecule has 0 bridgehead atoms. The van der Waals surface area contributed by atoms with Crippen LogP contribution >= 0.6 is 11.8 Å². The summed E-state index contributed by atoms with van der Waals surface area (Å²) in [5.74, 6) is 0.792. The van der Waals surface area contributed by atoms with E-state index in [1.54, 1.807) is 12.1 Å². The maximum absolute atomic E-state index is 14.2. The van der Waals surface area contributed by atoms with Crippen LogP contribution in [0.3, 0.4) is 0 Å². The predicted molar refractivity (Wildman–Crippen MR) is 135 cm³/mol. The summed E-state index contributed by atoms with van der Waals surface area (Å²) in [5.41, 5.74) is 2.74. The lowest BCUT2D eigenvalue weighted by molar-refractivity contribution is -0.129. The van der Waals surface area contributed by atoms with Crippen LogP contribution in [-0.4, -0.2) is 50.5 Å². The number of carbonyl (C=O) groups excluding carboxylic acids is 1. The third-order valence-corrected chi connectivity index (χ3v) is 7.17. The molecule has 0 N–H and O–H groups in total. The minimum atomic E-state index is -0.268. The van der Waals surface area contributed by atoms with E-state index in [1.807, 2.05) is 15.5 Å². The van der Waals surface area contributed by atoms with Gasteiger partial charge in [0.1, 0.15) is 5.82 Å². The number of benzene rings is 2. The highest BCUT2D eigenvalue weighted by Gasteiger charge is 2.33. The van der Waals surface area contributed by atoms with E-state index in [9.17, 15) is 9.18 Å². The zero-order chi connectivity index (χ0) is 24.1. The van der Waals surface area contributed by atoms with Crippen molar-refractivity contribution < 1.29 is 9.18 Å². The number of carbonyl (C=O) groups is 1. The van der Waals surface area contributed by atoms with Crippen molar-refractivity contribution in [3.63, 3.8) is 0 Å². The Morgan fingerprint density at radius 1 is 1.06 bits per heavy atom. The monoisotopic (exact) mass is 481 g/mol. The molecule has 4 rings (SSSR count). The van der Waals surface area contributed by atoms with Crippen LogP contribution in [0.5, 0.6) is 0 Å². The molecule has 1 aliphatic carbocycles. The molecule has 1 heterocycles. The minimum absolute atomic E-state index is 0.00605. The molecule has 0 aliphatic heterocycles. The number of anilines is 1. The van der Waals surface area contributed by atoms with Crippen molar-refractivity contribution >= 4 is 23.4 Å². The fourth-order valence-corrected chi connectivity index (χ4v) is 5.02. The Labute approximate surface area is 205 Å². The average Bonchev–Trinajstić information content (AvgIpc) is 3.62. The van der Waals surface area contributed by atoms with E-state index in [-0.39, 0.29) is 23.5 Å². The summed E-state index contributed by atoms with van der Waals surface area (Å²) in [7, 11) is 0. The van der Waals surface area contributed by atoms with Crippen LogP contribution < -0.4 is 4.90 Å². The van der Waals surface area contributed by atoms with E-state index in [1.165, 1.54) is 23.5 Å². The maximum atomic E-state index is 14.2. The standard InChI is InChI=1S/C26H32FN5OS/c1-4-30(5-2)21-13-11-19(12-14-21)25-28-29-26(31(25)6-3)34-18-24(33)32(22-15-16-22)17-20-9-7-8-10-23(20)27/h7-14,22H,4-6,15-18H2,1-3H3. The number of thioether (sulfide) groups is 1. The van der Waals surface area contributed by atoms with Crippen molar-refractivity contribution in [1.29, 1.82) is 0 Å².